The van der Waals surface area contributed by atoms with Gasteiger partial charge in [0.1, 0.15) is 18.4 Å². The topological polar surface area (TPSA) is 75.7 Å². The highest BCUT2D eigenvalue weighted by atomic mass is 35.5. The molecule has 6 nitrogen and oxygen atoms in total. The van der Waals surface area contributed by atoms with Gasteiger partial charge in [-0.15, -0.1) is 0 Å². The first-order valence-electron chi connectivity index (χ1n) is 9.40. The summed E-state index contributed by atoms with van der Waals surface area (Å²) in [5.74, 6) is 0.311. The van der Waals surface area contributed by atoms with Crippen LogP contribution in [-0.4, -0.2) is 39.8 Å². The summed E-state index contributed by atoms with van der Waals surface area (Å²) in [7, 11) is -3.67. The Bertz CT molecular complexity index is 1130. The molecule has 0 aliphatic rings. The number of halogens is 1. The van der Waals surface area contributed by atoms with Crippen LogP contribution in [0.4, 0.5) is 5.69 Å². The Kier molecular flexibility index (Phi) is 6.84. The average Bonchev–Trinajstić information content (AvgIpc) is 2.71. The van der Waals surface area contributed by atoms with Crippen LogP contribution in [0.15, 0.2) is 66.7 Å². The number of anilines is 1. The second kappa shape index (κ2) is 9.36. The molecule has 158 valence electrons. The Hall–Kier alpha value is -2.77. The third kappa shape index (κ3) is 5.23. The van der Waals surface area contributed by atoms with Crippen molar-refractivity contribution < 1.29 is 17.9 Å². The molecule has 0 unspecified atom stereocenters. The summed E-state index contributed by atoms with van der Waals surface area (Å²) in [6.07, 6.45) is 1.06. The maximum Gasteiger partial charge on any atom is 0.243 e. The normalized spacial score (nSPS) is 12.4. The number of rotatable bonds is 8. The van der Waals surface area contributed by atoms with Crippen molar-refractivity contribution in [1.29, 1.82) is 0 Å². The molecule has 30 heavy (non-hydrogen) atoms. The Morgan fingerprint density at radius 3 is 2.43 bits per heavy atom. The van der Waals surface area contributed by atoms with Crippen LogP contribution in [0.5, 0.6) is 5.75 Å². The summed E-state index contributed by atoms with van der Waals surface area (Å²) < 4.78 is 31.5. The lowest BCUT2D eigenvalue weighted by atomic mass is 10.1. The number of benzene rings is 3. The molecule has 0 aliphatic carbocycles. The first-order chi connectivity index (χ1) is 14.3. The monoisotopic (exact) mass is 446 g/mol. The summed E-state index contributed by atoms with van der Waals surface area (Å²) in [5.41, 5.74) is 0.372. The minimum atomic E-state index is -3.67. The fourth-order valence-electron chi connectivity index (χ4n) is 3.20. The Labute approximate surface area is 181 Å². The van der Waals surface area contributed by atoms with Gasteiger partial charge in [-0.2, -0.15) is 0 Å². The van der Waals surface area contributed by atoms with Crippen LogP contribution < -0.4 is 14.4 Å². The van der Waals surface area contributed by atoms with Gasteiger partial charge < -0.3 is 10.1 Å². The highest BCUT2D eigenvalue weighted by molar-refractivity contribution is 7.92. The van der Waals surface area contributed by atoms with Crippen LogP contribution in [0.25, 0.3) is 10.8 Å². The first-order valence-corrected chi connectivity index (χ1v) is 11.6. The van der Waals surface area contributed by atoms with Crippen molar-refractivity contribution in [3.05, 3.63) is 71.8 Å². The number of hydrogen-bond acceptors (Lipinski definition) is 4. The molecule has 1 atom stereocenters. The van der Waals surface area contributed by atoms with E-state index in [1.165, 1.54) is 6.92 Å². The van der Waals surface area contributed by atoms with Crippen LogP contribution >= 0.6 is 11.6 Å². The molecule has 1 N–H and O–H groups in total. The molecule has 3 aromatic rings. The molecule has 8 heteroatoms. The summed E-state index contributed by atoms with van der Waals surface area (Å²) in [4.78, 5) is 12.6. The molecular weight excluding hydrogens is 424 g/mol. The third-order valence-corrected chi connectivity index (χ3v) is 6.07. The third-order valence-electron chi connectivity index (χ3n) is 4.58. The van der Waals surface area contributed by atoms with Crippen molar-refractivity contribution >= 4 is 44.0 Å². The van der Waals surface area contributed by atoms with E-state index in [0.29, 0.717) is 10.7 Å². The molecule has 0 bridgehead atoms. The molecule has 0 saturated carbocycles. The average molecular weight is 447 g/mol. The lowest BCUT2D eigenvalue weighted by Crippen LogP contribution is -2.48. The number of nitrogens with zero attached hydrogens (tertiary/aromatic N) is 1. The maximum absolute atomic E-state index is 12.6. The van der Waals surface area contributed by atoms with E-state index in [-0.39, 0.29) is 13.2 Å². The minimum absolute atomic E-state index is 0.241. The second-order valence-electron chi connectivity index (χ2n) is 6.83. The zero-order valence-electron chi connectivity index (χ0n) is 16.7. The lowest BCUT2D eigenvalue weighted by molar-refractivity contribution is -0.121. The van der Waals surface area contributed by atoms with Crippen LogP contribution in [0.1, 0.15) is 6.92 Å². The van der Waals surface area contributed by atoms with E-state index in [2.05, 4.69) is 5.32 Å². The summed E-state index contributed by atoms with van der Waals surface area (Å²) in [5, 5.41) is 5.28. The fourth-order valence-corrected chi connectivity index (χ4v) is 4.50. The smallest absolute Gasteiger partial charge is 0.243 e. The lowest BCUT2D eigenvalue weighted by Gasteiger charge is -2.28. The van der Waals surface area contributed by atoms with Crippen molar-refractivity contribution in [2.24, 2.45) is 0 Å². The predicted octanol–water partition coefficient (Wildman–Crippen LogP) is 3.84. The van der Waals surface area contributed by atoms with Crippen molar-refractivity contribution in [3.63, 3.8) is 0 Å². The molecule has 3 rings (SSSR count). The zero-order chi connectivity index (χ0) is 21.7. The zero-order valence-corrected chi connectivity index (χ0v) is 18.3. The number of hydrogen-bond donors (Lipinski definition) is 1. The van der Waals surface area contributed by atoms with E-state index in [1.807, 2.05) is 42.5 Å². The number of fused-ring (bicyclic) bond motifs is 1. The van der Waals surface area contributed by atoms with Gasteiger partial charge in [0, 0.05) is 10.4 Å². The maximum atomic E-state index is 12.6. The van der Waals surface area contributed by atoms with E-state index < -0.39 is 22.0 Å². The van der Waals surface area contributed by atoms with Gasteiger partial charge in [-0.3, -0.25) is 9.10 Å². The van der Waals surface area contributed by atoms with Crippen molar-refractivity contribution in [1.82, 2.24) is 5.32 Å². The molecule has 3 aromatic carbocycles. The van der Waals surface area contributed by atoms with Gasteiger partial charge in [-0.25, -0.2) is 8.42 Å². The van der Waals surface area contributed by atoms with Crippen LogP contribution in [0.2, 0.25) is 5.02 Å². The van der Waals surface area contributed by atoms with E-state index in [0.717, 1.165) is 27.1 Å². The van der Waals surface area contributed by atoms with Crippen molar-refractivity contribution in [3.8, 4) is 5.75 Å². The number of carbonyl (C=O) groups excluding carboxylic acids is 1. The van der Waals surface area contributed by atoms with Crippen LogP contribution in [-0.2, 0) is 14.8 Å². The van der Waals surface area contributed by atoms with Gasteiger partial charge in [-0.05, 0) is 42.6 Å². The predicted molar refractivity (Wildman–Crippen MR) is 121 cm³/mol. The second-order valence-corrected chi connectivity index (χ2v) is 9.12. The van der Waals surface area contributed by atoms with Gasteiger partial charge >= 0.3 is 0 Å². The molecule has 0 aromatic heterocycles. The Morgan fingerprint density at radius 2 is 1.73 bits per heavy atom. The molecule has 0 saturated heterocycles. The molecule has 0 spiro atoms. The Balaban J connectivity index is 1.62. The summed E-state index contributed by atoms with van der Waals surface area (Å²) >= 11 is 5.88. The molecule has 0 fully saturated rings. The van der Waals surface area contributed by atoms with E-state index >= 15 is 0 Å². The van der Waals surface area contributed by atoms with Crippen molar-refractivity contribution in [2.45, 2.75) is 13.0 Å². The Morgan fingerprint density at radius 1 is 1.07 bits per heavy atom. The minimum Gasteiger partial charge on any atom is -0.491 e. The van der Waals surface area contributed by atoms with E-state index in [4.69, 9.17) is 16.3 Å². The fraction of sp³-hybridized carbons (Fsp3) is 0.227. The van der Waals surface area contributed by atoms with Gasteiger partial charge in [0.15, 0.2) is 0 Å². The largest absolute Gasteiger partial charge is 0.491 e. The van der Waals surface area contributed by atoms with Gasteiger partial charge in [0.25, 0.3) is 0 Å². The van der Waals surface area contributed by atoms with Crippen LogP contribution in [0, 0.1) is 0 Å². The molecular formula is C22H23ClN2O4S. The quantitative estimate of drug-likeness (QED) is 0.533. The molecule has 0 heterocycles. The van der Waals surface area contributed by atoms with Gasteiger partial charge in [-0.1, -0.05) is 48.0 Å². The molecule has 0 aliphatic heterocycles. The highest BCUT2D eigenvalue weighted by Crippen LogP contribution is 2.25. The van der Waals surface area contributed by atoms with Gasteiger partial charge in [0.05, 0.1) is 18.5 Å². The molecule has 0 radical (unpaired) electrons. The number of nitrogens with one attached hydrogen (secondary N) is 1. The standard InChI is InChI=1S/C22H23ClN2O4S/c1-16(25(30(2,27)28)19-12-10-18(23)11-13-19)22(26)24-14-15-29-21-9-5-7-17-6-3-4-8-20(17)21/h3-13,16H,14-15H2,1-2H3,(H,24,26)/t16-/m1/s1. The number of amides is 1. The SMILES string of the molecule is C[C@H](C(=O)NCCOc1cccc2ccccc12)N(c1ccc(Cl)cc1)S(C)(=O)=O. The number of ether oxygens (including phenoxy) is 1. The summed E-state index contributed by atoms with van der Waals surface area (Å²) in [6, 6.07) is 19.0. The van der Waals surface area contributed by atoms with E-state index in [1.54, 1.807) is 24.3 Å². The van der Waals surface area contributed by atoms with Crippen LogP contribution in [0.3, 0.4) is 0 Å². The number of carbonyl (C=O) groups is 1. The summed E-state index contributed by atoms with van der Waals surface area (Å²) in [6.45, 7) is 2.04. The van der Waals surface area contributed by atoms with Gasteiger partial charge in [0.2, 0.25) is 15.9 Å². The first kappa shape index (κ1) is 21.9. The van der Waals surface area contributed by atoms with E-state index in [9.17, 15) is 13.2 Å². The number of sulfonamides is 1. The van der Waals surface area contributed by atoms with Crippen molar-refractivity contribution in [2.75, 3.05) is 23.7 Å². The highest BCUT2D eigenvalue weighted by Gasteiger charge is 2.28. The molecule has 1 amide bonds.